The first kappa shape index (κ1) is 23.4. The van der Waals surface area contributed by atoms with E-state index < -0.39 is 5.91 Å². The minimum atomic E-state index is -0.490. The number of amides is 2. The first-order valence-corrected chi connectivity index (χ1v) is 10.7. The molecule has 2 aromatic carbocycles. The standard InChI is InChI=1S/C23H23ClN2O2.C2H6/c1-3-6-15(4-2)23(28)26-12-5-7-17-13-16(9-11-21(17)26)19-14-18(22(25)27)8-10-20(19)24;1-2/h3-4,6,8-11,13-14H,5,7,12H2,1-2H3,(H2,25,27);1-2H3/b6-3-,15-4+;. The largest absolute Gasteiger partial charge is 0.366 e. The van der Waals surface area contributed by atoms with Gasteiger partial charge in [0, 0.05) is 34.0 Å². The van der Waals surface area contributed by atoms with Gasteiger partial charge in [-0.1, -0.05) is 49.7 Å². The van der Waals surface area contributed by atoms with E-state index in [1.54, 1.807) is 18.2 Å². The summed E-state index contributed by atoms with van der Waals surface area (Å²) in [5.41, 5.74) is 10.2. The maximum atomic E-state index is 12.9. The Morgan fingerprint density at radius 3 is 2.47 bits per heavy atom. The third-order valence-corrected chi connectivity index (χ3v) is 5.24. The van der Waals surface area contributed by atoms with Gasteiger partial charge < -0.3 is 10.6 Å². The van der Waals surface area contributed by atoms with Crippen molar-refractivity contribution in [3.63, 3.8) is 0 Å². The van der Waals surface area contributed by atoms with Crippen molar-refractivity contribution in [2.45, 2.75) is 40.5 Å². The van der Waals surface area contributed by atoms with Crippen LogP contribution in [0.5, 0.6) is 0 Å². The lowest BCUT2D eigenvalue weighted by atomic mass is 9.95. The van der Waals surface area contributed by atoms with Crippen molar-refractivity contribution in [3.05, 3.63) is 76.3 Å². The van der Waals surface area contributed by atoms with Crippen molar-refractivity contribution >= 4 is 29.1 Å². The molecule has 3 rings (SSSR count). The van der Waals surface area contributed by atoms with E-state index in [2.05, 4.69) is 0 Å². The summed E-state index contributed by atoms with van der Waals surface area (Å²) in [6.07, 6.45) is 7.31. The predicted molar refractivity (Wildman–Crippen MR) is 126 cm³/mol. The van der Waals surface area contributed by atoms with Crippen molar-refractivity contribution in [2.75, 3.05) is 11.4 Å². The van der Waals surface area contributed by atoms with Gasteiger partial charge in [0.1, 0.15) is 0 Å². The number of hydrogen-bond acceptors (Lipinski definition) is 2. The van der Waals surface area contributed by atoms with E-state index in [4.69, 9.17) is 17.3 Å². The molecule has 0 fully saturated rings. The van der Waals surface area contributed by atoms with E-state index in [0.717, 1.165) is 35.2 Å². The number of aryl methyl sites for hydroxylation is 1. The number of hydrogen-bond donors (Lipinski definition) is 1. The van der Waals surface area contributed by atoms with E-state index in [9.17, 15) is 9.59 Å². The van der Waals surface area contributed by atoms with Crippen LogP contribution in [0, 0.1) is 0 Å². The summed E-state index contributed by atoms with van der Waals surface area (Å²) >= 11 is 6.36. The molecule has 2 amide bonds. The molecule has 5 heteroatoms. The normalized spacial score (nSPS) is 13.5. The highest BCUT2D eigenvalue weighted by Gasteiger charge is 2.24. The van der Waals surface area contributed by atoms with Gasteiger partial charge in [-0.3, -0.25) is 9.59 Å². The average Bonchev–Trinajstić information content (AvgIpc) is 2.77. The third-order valence-electron chi connectivity index (χ3n) is 4.91. The molecule has 1 aliphatic rings. The summed E-state index contributed by atoms with van der Waals surface area (Å²) in [5.74, 6) is -0.487. The molecule has 1 aliphatic heterocycles. The van der Waals surface area contributed by atoms with Crippen LogP contribution in [0.1, 0.15) is 50.0 Å². The van der Waals surface area contributed by atoms with Crippen LogP contribution in [-0.4, -0.2) is 18.4 Å². The van der Waals surface area contributed by atoms with E-state index in [1.807, 2.05) is 69.0 Å². The van der Waals surface area contributed by atoms with Gasteiger partial charge in [-0.2, -0.15) is 0 Å². The lowest BCUT2D eigenvalue weighted by molar-refractivity contribution is -0.114. The molecule has 0 unspecified atom stereocenters. The van der Waals surface area contributed by atoms with Crippen LogP contribution in [0.3, 0.4) is 0 Å². The SMILES string of the molecule is C/C=C\C(=C/C)C(=O)N1CCCc2cc(-c3cc(C(N)=O)ccc3Cl)ccc21.CC. The third kappa shape index (κ3) is 5.00. The number of rotatable bonds is 4. The maximum absolute atomic E-state index is 12.9. The fraction of sp³-hybridized carbons (Fsp3) is 0.280. The van der Waals surface area contributed by atoms with Gasteiger partial charge >= 0.3 is 0 Å². The molecule has 2 aromatic rings. The molecule has 0 aromatic heterocycles. The Balaban J connectivity index is 0.00000155. The minimum absolute atomic E-state index is 0.00283. The Labute approximate surface area is 184 Å². The molecule has 2 N–H and O–H groups in total. The Bertz CT molecular complexity index is 993. The number of carbonyl (C=O) groups excluding carboxylic acids is 2. The van der Waals surface area contributed by atoms with Gasteiger partial charge in [-0.15, -0.1) is 0 Å². The number of carbonyl (C=O) groups is 2. The van der Waals surface area contributed by atoms with Gasteiger partial charge in [0.2, 0.25) is 5.91 Å². The number of halogens is 1. The summed E-state index contributed by atoms with van der Waals surface area (Å²) in [6, 6.07) is 10.9. The van der Waals surface area contributed by atoms with Crippen LogP contribution in [0.4, 0.5) is 5.69 Å². The second-order valence-electron chi connectivity index (χ2n) is 6.71. The van der Waals surface area contributed by atoms with Crippen LogP contribution in [0.2, 0.25) is 5.02 Å². The number of nitrogens with two attached hydrogens (primary N) is 1. The van der Waals surface area contributed by atoms with Crippen LogP contribution in [0.15, 0.2) is 60.2 Å². The summed E-state index contributed by atoms with van der Waals surface area (Å²) < 4.78 is 0. The Morgan fingerprint density at radius 1 is 1.10 bits per heavy atom. The molecule has 0 saturated heterocycles. The molecule has 0 saturated carbocycles. The van der Waals surface area contributed by atoms with E-state index in [1.165, 1.54) is 0 Å². The number of nitrogens with zero attached hydrogens (tertiary/aromatic N) is 1. The highest BCUT2D eigenvalue weighted by Crippen LogP contribution is 2.35. The van der Waals surface area contributed by atoms with Gasteiger partial charge in [0.15, 0.2) is 0 Å². The van der Waals surface area contributed by atoms with Crippen LogP contribution < -0.4 is 10.6 Å². The van der Waals surface area contributed by atoms with Crippen molar-refractivity contribution in [1.82, 2.24) is 0 Å². The van der Waals surface area contributed by atoms with E-state index >= 15 is 0 Å². The number of allylic oxidation sites excluding steroid dienone is 2. The number of fused-ring (bicyclic) bond motifs is 1. The molecular formula is C25H29ClN2O2. The first-order chi connectivity index (χ1) is 14.5. The molecule has 0 spiro atoms. The average molecular weight is 425 g/mol. The number of benzene rings is 2. The molecular weight excluding hydrogens is 396 g/mol. The quantitative estimate of drug-likeness (QED) is 0.488. The number of anilines is 1. The molecule has 30 heavy (non-hydrogen) atoms. The van der Waals surface area contributed by atoms with Crippen LogP contribution in [0.25, 0.3) is 11.1 Å². The fourth-order valence-electron chi connectivity index (χ4n) is 3.50. The highest BCUT2D eigenvalue weighted by atomic mass is 35.5. The smallest absolute Gasteiger partial charge is 0.257 e. The Morgan fingerprint density at radius 2 is 1.83 bits per heavy atom. The summed E-state index contributed by atoms with van der Waals surface area (Å²) in [7, 11) is 0. The highest BCUT2D eigenvalue weighted by molar-refractivity contribution is 6.33. The minimum Gasteiger partial charge on any atom is -0.366 e. The molecule has 4 nitrogen and oxygen atoms in total. The van der Waals surface area contributed by atoms with Gasteiger partial charge in [0.05, 0.1) is 0 Å². The lowest BCUT2D eigenvalue weighted by Gasteiger charge is -2.30. The second kappa shape index (κ2) is 10.8. The van der Waals surface area contributed by atoms with Crippen LogP contribution >= 0.6 is 11.6 Å². The van der Waals surface area contributed by atoms with Gasteiger partial charge in [0.25, 0.3) is 5.91 Å². The zero-order chi connectivity index (χ0) is 22.3. The monoisotopic (exact) mass is 424 g/mol. The maximum Gasteiger partial charge on any atom is 0.257 e. The van der Waals surface area contributed by atoms with Gasteiger partial charge in [-0.05, 0) is 68.1 Å². The zero-order valence-electron chi connectivity index (χ0n) is 18.0. The second-order valence-corrected chi connectivity index (χ2v) is 7.11. The molecule has 0 radical (unpaired) electrons. The Hall–Kier alpha value is -2.85. The summed E-state index contributed by atoms with van der Waals surface area (Å²) in [5, 5.41) is 0.554. The number of primary amides is 1. The van der Waals surface area contributed by atoms with E-state index in [-0.39, 0.29) is 5.91 Å². The topological polar surface area (TPSA) is 63.4 Å². The van der Waals surface area contributed by atoms with Gasteiger partial charge in [-0.25, -0.2) is 0 Å². The molecule has 0 atom stereocenters. The van der Waals surface area contributed by atoms with Crippen LogP contribution in [-0.2, 0) is 11.2 Å². The summed E-state index contributed by atoms with van der Waals surface area (Å²) in [6.45, 7) is 8.46. The molecule has 1 heterocycles. The zero-order valence-corrected chi connectivity index (χ0v) is 18.8. The van der Waals surface area contributed by atoms with Crippen molar-refractivity contribution in [3.8, 4) is 11.1 Å². The first-order valence-electron chi connectivity index (χ1n) is 10.3. The molecule has 0 bridgehead atoms. The predicted octanol–water partition coefficient (Wildman–Crippen LogP) is 5.93. The molecule has 158 valence electrons. The van der Waals surface area contributed by atoms with Crippen molar-refractivity contribution < 1.29 is 9.59 Å². The fourth-order valence-corrected chi connectivity index (χ4v) is 3.73. The Kier molecular flexibility index (Phi) is 8.43. The summed E-state index contributed by atoms with van der Waals surface area (Å²) in [4.78, 5) is 26.3. The van der Waals surface area contributed by atoms with E-state index in [0.29, 0.717) is 22.7 Å². The molecule has 0 aliphatic carbocycles. The lowest BCUT2D eigenvalue weighted by Crippen LogP contribution is -2.36. The van der Waals surface area contributed by atoms with Crippen molar-refractivity contribution in [1.29, 1.82) is 0 Å². The van der Waals surface area contributed by atoms with Crippen molar-refractivity contribution in [2.24, 2.45) is 5.73 Å².